The van der Waals surface area contributed by atoms with Crippen molar-refractivity contribution in [2.24, 2.45) is 5.84 Å². The second-order valence-corrected chi connectivity index (χ2v) is 9.15. The van der Waals surface area contributed by atoms with Gasteiger partial charge in [-0.05, 0) is 32.8 Å². The lowest BCUT2D eigenvalue weighted by Crippen LogP contribution is -2.38. The Balaban J connectivity index is 1.45. The molecule has 190 valence electrons. The number of nitrogens with one attached hydrogen (secondary N) is 1. The number of rotatable bonds is 6. The lowest BCUT2D eigenvalue weighted by atomic mass is 10.0. The van der Waals surface area contributed by atoms with E-state index in [0.717, 1.165) is 12.8 Å². The zero-order valence-corrected chi connectivity index (χ0v) is 19.6. The number of ether oxygens (including phenoxy) is 1. The molecule has 1 unspecified atom stereocenters. The zero-order chi connectivity index (χ0) is 25.8. The van der Waals surface area contributed by atoms with Crippen molar-refractivity contribution < 1.29 is 22.3 Å². The normalized spacial score (nSPS) is 18.5. The highest BCUT2D eigenvalue weighted by Gasteiger charge is 2.41. The molecule has 1 aromatic carbocycles. The summed E-state index contributed by atoms with van der Waals surface area (Å²) in [5, 5.41) is 3.60. The predicted molar refractivity (Wildman–Crippen MR) is 123 cm³/mol. The molecule has 0 amide bonds. The van der Waals surface area contributed by atoms with Crippen molar-refractivity contribution in [1.82, 2.24) is 24.7 Å². The number of anilines is 2. The summed E-state index contributed by atoms with van der Waals surface area (Å²) in [5.74, 6) is 4.66. The summed E-state index contributed by atoms with van der Waals surface area (Å²) in [7, 11) is 0. The topological polar surface area (TPSA) is 107 Å². The minimum atomic E-state index is -4.63. The molecule has 1 saturated carbocycles. The van der Waals surface area contributed by atoms with Gasteiger partial charge in [0.1, 0.15) is 23.6 Å². The minimum Gasteiger partial charge on any atom is -0.484 e. The van der Waals surface area contributed by atoms with E-state index in [1.165, 1.54) is 23.1 Å². The smallest absolute Gasteiger partial charge is 0.453 e. The molecule has 13 heteroatoms. The third kappa shape index (κ3) is 4.34. The van der Waals surface area contributed by atoms with Gasteiger partial charge in [-0.25, -0.2) is 24.0 Å². The van der Waals surface area contributed by atoms with Crippen molar-refractivity contribution in [2.45, 2.75) is 51.1 Å². The van der Waals surface area contributed by atoms with Gasteiger partial charge in [0.05, 0.1) is 24.0 Å². The Kier molecular flexibility index (Phi) is 5.62. The molecule has 1 atom stereocenters. The van der Waals surface area contributed by atoms with Crippen LogP contribution in [0.25, 0.3) is 5.57 Å². The van der Waals surface area contributed by atoms with Gasteiger partial charge < -0.3 is 15.1 Å². The third-order valence-electron chi connectivity index (χ3n) is 6.47. The Labute approximate surface area is 204 Å². The van der Waals surface area contributed by atoms with Gasteiger partial charge in [-0.2, -0.15) is 13.2 Å². The first-order chi connectivity index (χ1) is 17.0. The van der Waals surface area contributed by atoms with Crippen LogP contribution in [0, 0.1) is 5.82 Å². The molecule has 2 aromatic heterocycles. The van der Waals surface area contributed by atoms with Crippen LogP contribution in [0.5, 0.6) is 5.75 Å². The summed E-state index contributed by atoms with van der Waals surface area (Å²) in [5.41, 5.74) is 3.74. The fourth-order valence-corrected chi connectivity index (χ4v) is 4.15. The van der Waals surface area contributed by atoms with Crippen LogP contribution in [0.1, 0.15) is 55.6 Å². The van der Waals surface area contributed by atoms with E-state index in [2.05, 4.69) is 32.1 Å². The van der Waals surface area contributed by atoms with E-state index in [1.54, 1.807) is 13.0 Å². The molecular formula is C23H24F4N8O. The average Bonchev–Trinajstić information content (AvgIpc) is 3.38. The van der Waals surface area contributed by atoms with Crippen LogP contribution in [0.4, 0.5) is 29.1 Å². The van der Waals surface area contributed by atoms with Crippen LogP contribution in [-0.2, 0) is 12.7 Å². The average molecular weight is 504 g/mol. The molecule has 0 radical (unpaired) electrons. The Hall–Kier alpha value is -3.74. The first kappa shape index (κ1) is 24.0. The summed E-state index contributed by atoms with van der Waals surface area (Å²) >= 11 is 0. The minimum absolute atomic E-state index is 0.0869. The molecular weight excluding hydrogens is 480 g/mol. The fraction of sp³-hybridized carbons (Fsp3) is 0.391. The second kappa shape index (κ2) is 8.43. The number of hydrazine groups is 1. The van der Waals surface area contributed by atoms with Crippen LogP contribution < -0.4 is 20.9 Å². The maximum absolute atomic E-state index is 14.6. The quantitative estimate of drug-likeness (QED) is 0.294. The Morgan fingerprint density at radius 3 is 2.64 bits per heavy atom. The summed E-state index contributed by atoms with van der Waals surface area (Å²) in [6, 6.07) is 3.91. The number of alkyl halides is 3. The van der Waals surface area contributed by atoms with Crippen LogP contribution in [-0.4, -0.2) is 36.9 Å². The number of hydrogen-bond acceptors (Lipinski definition) is 8. The van der Waals surface area contributed by atoms with Crippen molar-refractivity contribution in [3.63, 3.8) is 0 Å². The molecule has 36 heavy (non-hydrogen) atoms. The zero-order valence-electron chi connectivity index (χ0n) is 19.6. The molecule has 1 aliphatic heterocycles. The van der Waals surface area contributed by atoms with Crippen LogP contribution in [0.15, 0.2) is 31.1 Å². The van der Waals surface area contributed by atoms with Gasteiger partial charge in [0.25, 0.3) is 5.82 Å². The molecule has 0 spiro atoms. The highest BCUT2D eigenvalue weighted by molar-refractivity contribution is 5.84. The van der Waals surface area contributed by atoms with Crippen molar-refractivity contribution in [1.29, 1.82) is 0 Å². The lowest BCUT2D eigenvalue weighted by Gasteiger charge is -2.33. The molecule has 3 aromatic rings. The third-order valence-corrected chi connectivity index (χ3v) is 6.47. The largest absolute Gasteiger partial charge is 0.484 e. The van der Waals surface area contributed by atoms with E-state index in [1.807, 2.05) is 11.8 Å². The van der Waals surface area contributed by atoms with Crippen molar-refractivity contribution in [3.8, 4) is 5.75 Å². The summed E-state index contributed by atoms with van der Waals surface area (Å²) in [6.45, 7) is 8.33. The van der Waals surface area contributed by atoms with Gasteiger partial charge in [0, 0.05) is 29.8 Å². The molecule has 5 rings (SSSR count). The maximum atomic E-state index is 14.6. The number of benzene rings is 1. The molecule has 1 aliphatic carbocycles. The number of fused-ring (bicyclic) bond motifs is 1. The number of nitrogens with zero attached hydrogens (tertiary/aromatic N) is 6. The van der Waals surface area contributed by atoms with Gasteiger partial charge in [-0.3, -0.25) is 5.84 Å². The SMILES string of the molecule is C=C(c1cc(N2CCn3nc(C(F)(F)F)nc3C2C)ncn1)c1cc(OC2(C)CC2)c(F)cc1NN. The van der Waals surface area contributed by atoms with Crippen molar-refractivity contribution >= 4 is 17.1 Å². The van der Waals surface area contributed by atoms with E-state index in [9.17, 15) is 17.6 Å². The molecule has 3 heterocycles. The molecule has 0 saturated heterocycles. The van der Waals surface area contributed by atoms with Crippen LogP contribution in [0.2, 0.25) is 0 Å². The lowest BCUT2D eigenvalue weighted by molar-refractivity contribution is -0.145. The first-order valence-electron chi connectivity index (χ1n) is 11.3. The van der Waals surface area contributed by atoms with Gasteiger partial charge in [-0.15, -0.1) is 5.10 Å². The van der Waals surface area contributed by atoms with Crippen LogP contribution in [0.3, 0.4) is 0 Å². The molecule has 3 N–H and O–H groups in total. The molecule has 0 bridgehead atoms. The number of nitrogen functional groups attached to an aromatic ring is 1. The van der Waals surface area contributed by atoms with Gasteiger partial charge in [0.15, 0.2) is 11.6 Å². The van der Waals surface area contributed by atoms with E-state index in [0.29, 0.717) is 34.9 Å². The van der Waals surface area contributed by atoms with Gasteiger partial charge >= 0.3 is 6.18 Å². The van der Waals surface area contributed by atoms with Gasteiger partial charge in [0.2, 0.25) is 0 Å². The summed E-state index contributed by atoms with van der Waals surface area (Å²) in [4.78, 5) is 14.2. The monoisotopic (exact) mass is 504 g/mol. The standard InChI is InChI=1S/C23H24F4N8O/c1-12(14-8-18(36-22(3)4-5-22)15(24)9-17(14)32-28)16-10-19(30-11-29-16)34-6-7-35-20(13(34)2)31-21(33-35)23(25,26)27/h8-11,13,32H,1,4-7,28H2,2-3H3. The van der Waals surface area contributed by atoms with Crippen molar-refractivity contribution in [2.75, 3.05) is 16.9 Å². The molecule has 2 aliphatic rings. The first-order valence-corrected chi connectivity index (χ1v) is 11.3. The maximum Gasteiger partial charge on any atom is 0.453 e. The highest BCUT2D eigenvalue weighted by atomic mass is 19.4. The van der Waals surface area contributed by atoms with E-state index >= 15 is 0 Å². The highest BCUT2D eigenvalue weighted by Crippen LogP contribution is 2.42. The van der Waals surface area contributed by atoms with Crippen LogP contribution >= 0.6 is 0 Å². The van der Waals surface area contributed by atoms with E-state index in [-0.39, 0.29) is 18.1 Å². The Morgan fingerprint density at radius 1 is 1.22 bits per heavy atom. The Bertz CT molecular complexity index is 1330. The number of hydrogen-bond donors (Lipinski definition) is 2. The number of halogens is 4. The van der Waals surface area contributed by atoms with E-state index < -0.39 is 29.5 Å². The Morgan fingerprint density at radius 2 is 1.97 bits per heavy atom. The summed E-state index contributed by atoms with van der Waals surface area (Å²) < 4.78 is 61.0. The number of aromatic nitrogens is 5. The number of nitrogens with two attached hydrogens (primary N) is 1. The second-order valence-electron chi connectivity index (χ2n) is 9.15. The molecule has 1 fully saturated rings. The summed E-state index contributed by atoms with van der Waals surface area (Å²) in [6.07, 6.45) is -1.62. The van der Waals surface area contributed by atoms with E-state index in [4.69, 9.17) is 10.6 Å². The predicted octanol–water partition coefficient (Wildman–Crippen LogP) is 4.09. The molecule has 9 nitrogen and oxygen atoms in total. The van der Waals surface area contributed by atoms with Crippen molar-refractivity contribution in [3.05, 3.63) is 59.8 Å². The van der Waals surface area contributed by atoms with Gasteiger partial charge in [-0.1, -0.05) is 6.58 Å². The fourth-order valence-electron chi connectivity index (χ4n) is 4.15.